The summed E-state index contributed by atoms with van der Waals surface area (Å²) in [6.45, 7) is 7.25. The fourth-order valence-electron chi connectivity index (χ4n) is 3.48. The van der Waals surface area contributed by atoms with E-state index in [4.69, 9.17) is 0 Å². The Labute approximate surface area is 136 Å². The van der Waals surface area contributed by atoms with E-state index >= 15 is 0 Å². The summed E-state index contributed by atoms with van der Waals surface area (Å²) < 4.78 is 13.3. The van der Waals surface area contributed by atoms with Gasteiger partial charge in [-0.25, -0.2) is 4.39 Å². The fraction of sp³-hybridized carbons (Fsp3) is 0.611. The number of halogens is 1. The molecule has 2 fully saturated rings. The average molecular weight is 320 g/mol. The summed E-state index contributed by atoms with van der Waals surface area (Å²) in [5.41, 5.74) is 0.231. The minimum absolute atomic E-state index is 0.0117. The Kier molecular flexibility index (Phi) is 4.43. The number of hydrogen-bond acceptors (Lipinski definition) is 3. The van der Waals surface area contributed by atoms with Gasteiger partial charge in [0.2, 0.25) is 5.91 Å². The van der Waals surface area contributed by atoms with Crippen molar-refractivity contribution in [3.63, 3.8) is 0 Å². The highest BCUT2D eigenvalue weighted by atomic mass is 19.1. The highest BCUT2D eigenvalue weighted by Gasteiger charge is 2.46. The van der Waals surface area contributed by atoms with Gasteiger partial charge >= 0.3 is 0 Å². The Morgan fingerprint density at radius 1 is 1.30 bits per heavy atom. The molecular weight excluding hydrogens is 295 g/mol. The summed E-state index contributed by atoms with van der Waals surface area (Å²) in [5, 5.41) is 9.87. The van der Waals surface area contributed by atoms with Crippen LogP contribution in [0.5, 0.6) is 0 Å². The molecule has 3 rings (SSSR count). The minimum atomic E-state index is -0.703. The first-order valence-corrected chi connectivity index (χ1v) is 8.32. The maximum atomic E-state index is 13.3. The van der Waals surface area contributed by atoms with Crippen molar-refractivity contribution in [2.45, 2.75) is 31.8 Å². The summed E-state index contributed by atoms with van der Waals surface area (Å²) in [4.78, 5) is 16.7. The van der Waals surface area contributed by atoms with E-state index in [9.17, 15) is 14.3 Å². The van der Waals surface area contributed by atoms with Gasteiger partial charge in [-0.2, -0.15) is 0 Å². The molecule has 1 aliphatic carbocycles. The van der Waals surface area contributed by atoms with Crippen LogP contribution in [0.2, 0.25) is 0 Å². The molecule has 2 aliphatic rings. The molecule has 2 atom stereocenters. The van der Waals surface area contributed by atoms with Crippen LogP contribution in [0.15, 0.2) is 24.3 Å². The molecule has 1 amide bonds. The molecule has 1 aromatic rings. The monoisotopic (exact) mass is 320 g/mol. The molecule has 4 nitrogen and oxygen atoms in total. The van der Waals surface area contributed by atoms with Gasteiger partial charge in [0.25, 0.3) is 0 Å². The first-order valence-electron chi connectivity index (χ1n) is 8.32. The minimum Gasteiger partial charge on any atom is -0.389 e. The van der Waals surface area contributed by atoms with Crippen LogP contribution in [0.25, 0.3) is 0 Å². The summed E-state index contributed by atoms with van der Waals surface area (Å²) in [6, 6.07) is 6.59. The highest BCUT2D eigenvalue weighted by molar-refractivity contribution is 5.83. The van der Waals surface area contributed by atoms with Crippen LogP contribution < -0.4 is 0 Å². The molecule has 1 aliphatic heterocycles. The lowest BCUT2D eigenvalue weighted by Gasteiger charge is -2.37. The van der Waals surface area contributed by atoms with E-state index in [1.54, 1.807) is 26.0 Å². The van der Waals surface area contributed by atoms with E-state index in [1.807, 2.05) is 11.0 Å². The molecule has 1 N–H and O–H groups in total. The summed E-state index contributed by atoms with van der Waals surface area (Å²) in [6.07, 6.45) is 0.826. The van der Waals surface area contributed by atoms with Gasteiger partial charge in [-0.1, -0.05) is 12.1 Å². The van der Waals surface area contributed by atoms with Crippen LogP contribution in [0.3, 0.4) is 0 Å². The smallest absolute Gasteiger partial charge is 0.226 e. The largest absolute Gasteiger partial charge is 0.389 e. The van der Waals surface area contributed by atoms with Gasteiger partial charge in [-0.15, -0.1) is 0 Å². The van der Waals surface area contributed by atoms with Gasteiger partial charge in [0.15, 0.2) is 0 Å². The van der Waals surface area contributed by atoms with Crippen molar-refractivity contribution in [3.8, 4) is 0 Å². The number of carbonyl (C=O) groups is 1. The quantitative estimate of drug-likeness (QED) is 0.921. The number of nitrogens with zero attached hydrogens (tertiary/aromatic N) is 2. The number of aliphatic hydroxyl groups is 1. The zero-order chi connectivity index (χ0) is 16.6. The van der Waals surface area contributed by atoms with E-state index in [0.29, 0.717) is 19.6 Å². The molecule has 1 heterocycles. The zero-order valence-electron chi connectivity index (χ0n) is 13.8. The standard InChI is InChI=1S/C18H25FN2O2/c1-18(2,23)12-20-6-8-21(9-7-20)17(22)16-11-15(16)13-4-3-5-14(19)10-13/h3-5,10,15-16,23H,6-9,11-12H2,1-2H3/t15-,16+/m1/s1. The van der Waals surface area contributed by atoms with E-state index in [1.165, 1.54) is 6.07 Å². The molecule has 23 heavy (non-hydrogen) atoms. The lowest BCUT2D eigenvalue weighted by atomic mass is 10.1. The lowest BCUT2D eigenvalue weighted by Crippen LogP contribution is -2.52. The van der Waals surface area contributed by atoms with Gasteiger partial charge in [0, 0.05) is 38.6 Å². The van der Waals surface area contributed by atoms with E-state index in [0.717, 1.165) is 25.1 Å². The topological polar surface area (TPSA) is 43.8 Å². The van der Waals surface area contributed by atoms with Gasteiger partial charge in [-0.05, 0) is 43.9 Å². The predicted octanol–water partition coefficient (Wildman–Crippen LogP) is 1.84. The lowest BCUT2D eigenvalue weighted by molar-refractivity contribution is -0.134. The molecule has 0 radical (unpaired) electrons. The molecule has 0 aromatic heterocycles. The number of amides is 1. The predicted molar refractivity (Wildman–Crippen MR) is 86.6 cm³/mol. The normalized spacial score (nSPS) is 25.5. The number of carbonyl (C=O) groups excluding carboxylic acids is 1. The van der Waals surface area contributed by atoms with Crippen LogP contribution >= 0.6 is 0 Å². The van der Waals surface area contributed by atoms with Gasteiger partial charge in [-0.3, -0.25) is 9.69 Å². The van der Waals surface area contributed by atoms with Gasteiger partial charge in [0.1, 0.15) is 5.82 Å². The highest BCUT2D eigenvalue weighted by Crippen LogP contribution is 2.48. The summed E-state index contributed by atoms with van der Waals surface area (Å²) >= 11 is 0. The van der Waals surface area contributed by atoms with E-state index < -0.39 is 5.60 Å². The SMILES string of the molecule is CC(C)(O)CN1CCN(C(=O)[C@H]2C[C@@H]2c2cccc(F)c2)CC1. The molecule has 0 unspecified atom stereocenters. The van der Waals surface area contributed by atoms with Crippen LogP contribution in [0.1, 0.15) is 31.7 Å². The zero-order valence-corrected chi connectivity index (χ0v) is 13.8. The molecule has 1 saturated carbocycles. The van der Waals surface area contributed by atoms with Crippen molar-refractivity contribution in [1.82, 2.24) is 9.80 Å². The first-order chi connectivity index (χ1) is 10.8. The number of piperazine rings is 1. The Hall–Kier alpha value is -1.46. The maximum absolute atomic E-state index is 13.3. The van der Waals surface area contributed by atoms with Gasteiger partial charge < -0.3 is 10.0 Å². The van der Waals surface area contributed by atoms with Crippen molar-refractivity contribution in [2.75, 3.05) is 32.7 Å². The van der Waals surface area contributed by atoms with Crippen LogP contribution in [0.4, 0.5) is 4.39 Å². The second kappa shape index (κ2) is 6.21. The van der Waals surface area contributed by atoms with Gasteiger partial charge in [0.05, 0.1) is 5.60 Å². The molecular formula is C18H25FN2O2. The second-order valence-electron chi connectivity index (χ2n) is 7.42. The average Bonchev–Trinajstić information content (AvgIpc) is 3.26. The Morgan fingerprint density at radius 2 is 2.00 bits per heavy atom. The summed E-state index contributed by atoms with van der Waals surface area (Å²) in [7, 11) is 0. The first kappa shape index (κ1) is 16.4. The third kappa shape index (κ3) is 4.09. The van der Waals surface area contributed by atoms with Crippen molar-refractivity contribution in [3.05, 3.63) is 35.6 Å². The van der Waals surface area contributed by atoms with Crippen LogP contribution in [0, 0.1) is 11.7 Å². The van der Waals surface area contributed by atoms with Crippen molar-refractivity contribution >= 4 is 5.91 Å². The van der Waals surface area contributed by atoms with Crippen LogP contribution in [-0.4, -0.2) is 59.1 Å². The van der Waals surface area contributed by atoms with E-state index in [-0.39, 0.29) is 23.6 Å². The third-order valence-corrected chi connectivity index (χ3v) is 4.68. The molecule has 1 aromatic carbocycles. The fourth-order valence-corrected chi connectivity index (χ4v) is 3.48. The molecule has 5 heteroatoms. The molecule has 1 saturated heterocycles. The summed E-state index contributed by atoms with van der Waals surface area (Å²) in [5.74, 6) is 0.147. The number of hydrogen-bond donors (Lipinski definition) is 1. The molecule has 0 spiro atoms. The Bertz CT molecular complexity index is 577. The van der Waals surface area contributed by atoms with Crippen molar-refractivity contribution < 1.29 is 14.3 Å². The third-order valence-electron chi connectivity index (χ3n) is 4.68. The Morgan fingerprint density at radius 3 is 2.61 bits per heavy atom. The number of rotatable bonds is 4. The van der Waals surface area contributed by atoms with Crippen molar-refractivity contribution in [1.29, 1.82) is 0 Å². The second-order valence-corrected chi connectivity index (χ2v) is 7.42. The number of benzene rings is 1. The molecule has 0 bridgehead atoms. The Balaban J connectivity index is 1.51. The molecule has 126 valence electrons. The van der Waals surface area contributed by atoms with Crippen molar-refractivity contribution in [2.24, 2.45) is 5.92 Å². The van der Waals surface area contributed by atoms with E-state index in [2.05, 4.69) is 4.90 Å². The number of β-amino-alcohol motifs (C(OH)–C–C–N with tert-alkyl or cyclic N) is 1. The maximum Gasteiger partial charge on any atom is 0.226 e. The van der Waals surface area contributed by atoms with Crippen LogP contribution in [-0.2, 0) is 4.79 Å².